The summed E-state index contributed by atoms with van der Waals surface area (Å²) in [5.74, 6) is 0.591. The Kier molecular flexibility index (Phi) is 5.00. The summed E-state index contributed by atoms with van der Waals surface area (Å²) in [6.07, 6.45) is 3.01. The second kappa shape index (κ2) is 6.73. The van der Waals surface area contributed by atoms with E-state index in [0.717, 1.165) is 31.7 Å². The number of benzene rings is 1. The highest BCUT2D eigenvalue weighted by atomic mass is 16.5. The molecule has 1 atom stereocenters. The van der Waals surface area contributed by atoms with Crippen molar-refractivity contribution in [2.75, 3.05) is 20.3 Å². The van der Waals surface area contributed by atoms with Crippen LogP contribution in [0, 0.1) is 0 Å². The summed E-state index contributed by atoms with van der Waals surface area (Å²) < 4.78 is 10.6. The Bertz CT molecular complexity index is 518. The van der Waals surface area contributed by atoms with Crippen molar-refractivity contribution >= 4 is 11.0 Å². The zero-order chi connectivity index (χ0) is 13.7. The van der Waals surface area contributed by atoms with Crippen LogP contribution in [-0.4, -0.2) is 20.3 Å². The van der Waals surface area contributed by atoms with E-state index in [-0.39, 0.29) is 0 Å². The molecule has 0 radical (unpaired) electrons. The van der Waals surface area contributed by atoms with Gasteiger partial charge in [-0.25, -0.2) is 0 Å². The van der Waals surface area contributed by atoms with Crippen LogP contribution in [0.15, 0.2) is 28.9 Å². The Morgan fingerprint density at radius 3 is 2.95 bits per heavy atom. The zero-order valence-electron chi connectivity index (χ0n) is 12.0. The predicted molar refractivity (Wildman–Crippen MR) is 78.5 cm³/mol. The lowest BCUT2D eigenvalue weighted by atomic mass is 9.97. The van der Waals surface area contributed by atoms with Gasteiger partial charge in [0.1, 0.15) is 5.58 Å². The Morgan fingerprint density at radius 2 is 2.21 bits per heavy atom. The van der Waals surface area contributed by atoms with E-state index < -0.39 is 0 Å². The smallest absolute Gasteiger partial charge is 0.134 e. The van der Waals surface area contributed by atoms with Gasteiger partial charge in [0.25, 0.3) is 0 Å². The molecular formula is C16H23NO2. The number of hydrogen-bond acceptors (Lipinski definition) is 3. The van der Waals surface area contributed by atoms with Crippen molar-refractivity contribution in [3.05, 3.63) is 35.6 Å². The molecule has 0 spiro atoms. The van der Waals surface area contributed by atoms with Crippen LogP contribution in [0.1, 0.15) is 37.3 Å². The first-order chi connectivity index (χ1) is 9.26. The predicted octanol–water partition coefficient (Wildman–Crippen LogP) is 3.68. The van der Waals surface area contributed by atoms with E-state index in [0.29, 0.717) is 5.92 Å². The van der Waals surface area contributed by atoms with Gasteiger partial charge in [-0.15, -0.1) is 0 Å². The Labute approximate surface area is 114 Å². The molecule has 0 aliphatic rings. The Balaban J connectivity index is 2.15. The van der Waals surface area contributed by atoms with E-state index in [1.165, 1.54) is 16.5 Å². The van der Waals surface area contributed by atoms with Crippen LogP contribution in [0.4, 0.5) is 0 Å². The lowest BCUT2D eigenvalue weighted by Crippen LogP contribution is -2.18. The minimum Gasteiger partial charge on any atom is -0.464 e. The quantitative estimate of drug-likeness (QED) is 0.772. The third-order valence-corrected chi connectivity index (χ3v) is 3.66. The van der Waals surface area contributed by atoms with Crippen molar-refractivity contribution < 1.29 is 9.15 Å². The van der Waals surface area contributed by atoms with E-state index in [1.54, 1.807) is 7.11 Å². The maximum absolute atomic E-state index is 5.60. The molecule has 0 aliphatic carbocycles. The van der Waals surface area contributed by atoms with Crippen molar-refractivity contribution in [3.8, 4) is 0 Å². The lowest BCUT2D eigenvalue weighted by molar-refractivity contribution is 0.199. The molecule has 19 heavy (non-hydrogen) atoms. The first kappa shape index (κ1) is 14.1. The summed E-state index contributed by atoms with van der Waals surface area (Å²) in [5.41, 5.74) is 3.57. The third-order valence-electron chi connectivity index (χ3n) is 3.66. The molecule has 1 N–H and O–H groups in total. The maximum Gasteiger partial charge on any atom is 0.134 e. The van der Waals surface area contributed by atoms with Gasteiger partial charge in [-0.3, -0.25) is 0 Å². The van der Waals surface area contributed by atoms with E-state index in [4.69, 9.17) is 9.15 Å². The Hall–Kier alpha value is -1.32. The van der Waals surface area contributed by atoms with Crippen LogP contribution in [0.2, 0.25) is 0 Å². The number of furan rings is 1. The fourth-order valence-corrected chi connectivity index (χ4v) is 2.18. The number of rotatable bonds is 7. The topological polar surface area (TPSA) is 34.4 Å². The number of hydrogen-bond donors (Lipinski definition) is 1. The van der Waals surface area contributed by atoms with Gasteiger partial charge in [-0.05, 0) is 30.0 Å². The van der Waals surface area contributed by atoms with Crippen molar-refractivity contribution in [2.24, 2.45) is 0 Å². The van der Waals surface area contributed by atoms with Gasteiger partial charge >= 0.3 is 0 Å². The normalized spacial score (nSPS) is 13.0. The third kappa shape index (κ3) is 3.37. The molecule has 1 unspecified atom stereocenters. The average Bonchev–Trinajstić information content (AvgIpc) is 2.85. The molecule has 104 valence electrons. The van der Waals surface area contributed by atoms with Crippen molar-refractivity contribution in [1.29, 1.82) is 0 Å². The van der Waals surface area contributed by atoms with E-state index >= 15 is 0 Å². The van der Waals surface area contributed by atoms with Gasteiger partial charge in [-0.1, -0.05) is 19.9 Å². The SMILES string of the molecule is CCC(C)c1ccc2occ(CNCCOC)c2c1. The highest BCUT2D eigenvalue weighted by Crippen LogP contribution is 2.27. The molecule has 1 heterocycles. The number of ether oxygens (including phenoxy) is 1. The second-order valence-electron chi connectivity index (χ2n) is 5.00. The minimum absolute atomic E-state index is 0.591. The van der Waals surface area contributed by atoms with Gasteiger partial charge < -0.3 is 14.5 Å². The summed E-state index contributed by atoms with van der Waals surface area (Å²) in [7, 11) is 1.72. The van der Waals surface area contributed by atoms with Crippen molar-refractivity contribution in [1.82, 2.24) is 5.32 Å². The van der Waals surface area contributed by atoms with E-state index in [1.807, 2.05) is 6.26 Å². The highest BCUT2D eigenvalue weighted by molar-refractivity contribution is 5.81. The number of nitrogens with one attached hydrogen (secondary N) is 1. The molecule has 1 aromatic carbocycles. The molecule has 0 fully saturated rings. The fourth-order valence-electron chi connectivity index (χ4n) is 2.18. The van der Waals surface area contributed by atoms with Gasteiger partial charge in [0, 0.05) is 31.1 Å². The lowest BCUT2D eigenvalue weighted by Gasteiger charge is -2.09. The molecule has 3 nitrogen and oxygen atoms in total. The van der Waals surface area contributed by atoms with E-state index in [2.05, 4.69) is 37.4 Å². The minimum atomic E-state index is 0.591. The van der Waals surface area contributed by atoms with Gasteiger partial charge in [0.05, 0.1) is 12.9 Å². The molecular weight excluding hydrogens is 238 g/mol. The first-order valence-corrected chi connectivity index (χ1v) is 6.96. The van der Waals surface area contributed by atoms with Crippen LogP contribution < -0.4 is 5.32 Å². The molecule has 2 aromatic rings. The largest absolute Gasteiger partial charge is 0.464 e. The summed E-state index contributed by atoms with van der Waals surface area (Å²) in [4.78, 5) is 0. The van der Waals surface area contributed by atoms with Crippen molar-refractivity contribution in [2.45, 2.75) is 32.7 Å². The average molecular weight is 261 g/mol. The molecule has 0 amide bonds. The van der Waals surface area contributed by atoms with Gasteiger partial charge in [0.2, 0.25) is 0 Å². The fraction of sp³-hybridized carbons (Fsp3) is 0.500. The Morgan fingerprint density at radius 1 is 1.37 bits per heavy atom. The van der Waals surface area contributed by atoms with Gasteiger partial charge in [0.15, 0.2) is 0 Å². The zero-order valence-corrected chi connectivity index (χ0v) is 12.0. The summed E-state index contributed by atoms with van der Waals surface area (Å²) in [6.45, 7) is 6.89. The van der Waals surface area contributed by atoms with Crippen LogP contribution in [0.25, 0.3) is 11.0 Å². The molecule has 2 rings (SSSR count). The summed E-state index contributed by atoms with van der Waals surface area (Å²) in [6, 6.07) is 6.51. The van der Waals surface area contributed by atoms with E-state index in [9.17, 15) is 0 Å². The van der Waals surface area contributed by atoms with Crippen molar-refractivity contribution in [3.63, 3.8) is 0 Å². The van der Waals surface area contributed by atoms with Crippen LogP contribution in [0.3, 0.4) is 0 Å². The standard InChI is InChI=1S/C16H23NO2/c1-4-12(2)13-5-6-16-15(9-13)14(11-19-16)10-17-7-8-18-3/h5-6,9,11-12,17H,4,7-8,10H2,1-3H3. The monoisotopic (exact) mass is 261 g/mol. The summed E-state index contributed by atoms with van der Waals surface area (Å²) in [5, 5.41) is 4.58. The van der Waals surface area contributed by atoms with Crippen LogP contribution in [0.5, 0.6) is 0 Å². The molecule has 0 aliphatic heterocycles. The van der Waals surface area contributed by atoms with Crippen LogP contribution in [-0.2, 0) is 11.3 Å². The van der Waals surface area contributed by atoms with Gasteiger partial charge in [-0.2, -0.15) is 0 Å². The molecule has 0 saturated heterocycles. The molecule has 0 saturated carbocycles. The van der Waals surface area contributed by atoms with Crippen LogP contribution >= 0.6 is 0 Å². The number of methoxy groups -OCH3 is 1. The summed E-state index contributed by atoms with van der Waals surface area (Å²) >= 11 is 0. The highest BCUT2D eigenvalue weighted by Gasteiger charge is 2.09. The molecule has 0 bridgehead atoms. The second-order valence-corrected chi connectivity index (χ2v) is 5.00. The molecule has 3 heteroatoms. The number of fused-ring (bicyclic) bond motifs is 1. The maximum atomic E-state index is 5.60. The molecule has 1 aromatic heterocycles. The first-order valence-electron chi connectivity index (χ1n) is 6.96.